The van der Waals surface area contributed by atoms with E-state index in [1.54, 1.807) is 7.05 Å². The van der Waals surface area contributed by atoms with E-state index < -0.39 is 10.2 Å². The van der Waals surface area contributed by atoms with Crippen LogP contribution >= 0.6 is 0 Å². The number of likely N-dealkylation sites (N-methyl/N-ethyl adjacent to an activating group) is 1. The molecular formula is C12H24N4O4S. The average Bonchev–Trinajstić information content (AvgIpc) is 2.69. The van der Waals surface area contributed by atoms with Crippen molar-refractivity contribution in [1.82, 2.24) is 18.8 Å². The van der Waals surface area contributed by atoms with Crippen LogP contribution in [0.4, 0.5) is 0 Å². The molecule has 1 atom stereocenters. The molecule has 2 aliphatic rings. The number of rotatable bonds is 3. The van der Waals surface area contributed by atoms with Crippen LogP contribution < -0.4 is 5.32 Å². The van der Waals surface area contributed by atoms with E-state index in [-0.39, 0.29) is 18.4 Å². The minimum Gasteiger partial charge on any atom is -0.379 e. The fourth-order valence-electron chi connectivity index (χ4n) is 2.66. The third kappa shape index (κ3) is 3.92. The standard InChI is InChI=1S/C12H24N4O4S/c1-13-12(17)11-9-14(2)3-4-16(10-11)21(18,19)15-5-7-20-8-6-15/h11H,3-10H2,1-2H3,(H,13,17)/t11-/m0/s1. The Morgan fingerprint density at radius 3 is 2.38 bits per heavy atom. The van der Waals surface area contributed by atoms with E-state index in [1.807, 2.05) is 11.9 Å². The summed E-state index contributed by atoms with van der Waals surface area (Å²) in [5.74, 6) is -0.468. The highest BCUT2D eigenvalue weighted by molar-refractivity contribution is 7.86. The first-order chi connectivity index (χ1) is 9.95. The first-order valence-corrected chi connectivity index (χ1v) is 8.58. The number of carbonyl (C=O) groups excluding carboxylic acids is 1. The van der Waals surface area contributed by atoms with Crippen LogP contribution in [-0.4, -0.2) is 94.4 Å². The molecule has 0 spiro atoms. The highest BCUT2D eigenvalue weighted by Crippen LogP contribution is 2.16. The maximum absolute atomic E-state index is 12.7. The van der Waals surface area contributed by atoms with E-state index >= 15 is 0 Å². The zero-order valence-electron chi connectivity index (χ0n) is 12.6. The second-order valence-electron chi connectivity index (χ2n) is 5.45. The summed E-state index contributed by atoms with van der Waals surface area (Å²) in [6, 6.07) is 0. The summed E-state index contributed by atoms with van der Waals surface area (Å²) in [4.78, 5) is 13.9. The number of nitrogens with one attached hydrogen (secondary N) is 1. The van der Waals surface area contributed by atoms with Crippen LogP contribution in [0.2, 0.25) is 0 Å². The molecule has 0 bridgehead atoms. The largest absolute Gasteiger partial charge is 0.379 e. The highest BCUT2D eigenvalue weighted by atomic mass is 32.2. The summed E-state index contributed by atoms with van der Waals surface area (Å²) in [5.41, 5.74) is 0. The lowest BCUT2D eigenvalue weighted by Crippen LogP contribution is -2.51. The van der Waals surface area contributed by atoms with Gasteiger partial charge in [-0.15, -0.1) is 0 Å². The normalized spacial score (nSPS) is 27.2. The molecule has 1 N–H and O–H groups in total. The second-order valence-corrected chi connectivity index (χ2v) is 7.38. The third-order valence-electron chi connectivity index (χ3n) is 3.93. The molecule has 0 saturated carbocycles. The number of carbonyl (C=O) groups is 1. The Labute approximate surface area is 126 Å². The molecule has 2 fully saturated rings. The molecule has 8 nitrogen and oxygen atoms in total. The van der Waals surface area contributed by atoms with Crippen molar-refractivity contribution >= 4 is 16.1 Å². The summed E-state index contributed by atoms with van der Waals surface area (Å²) in [7, 11) is -0.0455. The van der Waals surface area contributed by atoms with Gasteiger partial charge in [0.2, 0.25) is 5.91 Å². The average molecular weight is 320 g/mol. The number of morpholine rings is 1. The van der Waals surface area contributed by atoms with Gasteiger partial charge in [0.15, 0.2) is 0 Å². The smallest absolute Gasteiger partial charge is 0.282 e. The zero-order valence-corrected chi connectivity index (χ0v) is 13.4. The molecule has 0 aromatic rings. The van der Waals surface area contributed by atoms with Crippen molar-refractivity contribution in [3.63, 3.8) is 0 Å². The van der Waals surface area contributed by atoms with Gasteiger partial charge in [-0.25, -0.2) is 0 Å². The summed E-state index contributed by atoms with van der Waals surface area (Å²) in [6.07, 6.45) is 0. The SMILES string of the molecule is CNC(=O)[C@H]1CN(C)CCN(S(=O)(=O)N2CCOCC2)C1. The Balaban J connectivity index is 2.14. The molecule has 2 rings (SSSR count). The van der Waals surface area contributed by atoms with Crippen molar-refractivity contribution in [2.24, 2.45) is 5.92 Å². The topological polar surface area (TPSA) is 82.2 Å². The summed E-state index contributed by atoms with van der Waals surface area (Å²) in [5, 5.41) is 2.61. The van der Waals surface area contributed by atoms with Crippen LogP contribution in [0.3, 0.4) is 0 Å². The van der Waals surface area contributed by atoms with Crippen LogP contribution in [0.5, 0.6) is 0 Å². The molecule has 2 heterocycles. The highest BCUT2D eigenvalue weighted by Gasteiger charge is 2.36. The Bertz CT molecular complexity index is 464. The molecular weight excluding hydrogens is 296 g/mol. The van der Waals surface area contributed by atoms with Gasteiger partial charge in [0.1, 0.15) is 0 Å². The van der Waals surface area contributed by atoms with Crippen LogP contribution in [0, 0.1) is 5.92 Å². The Morgan fingerprint density at radius 1 is 1.10 bits per heavy atom. The van der Waals surface area contributed by atoms with E-state index in [4.69, 9.17) is 4.74 Å². The van der Waals surface area contributed by atoms with Crippen molar-refractivity contribution in [2.75, 3.05) is 66.6 Å². The van der Waals surface area contributed by atoms with E-state index in [1.165, 1.54) is 8.61 Å². The predicted octanol–water partition coefficient (Wildman–Crippen LogP) is -1.83. The molecule has 0 aromatic carbocycles. The summed E-state index contributed by atoms with van der Waals surface area (Å²) >= 11 is 0. The van der Waals surface area contributed by atoms with Crippen molar-refractivity contribution < 1.29 is 17.9 Å². The lowest BCUT2D eigenvalue weighted by Gasteiger charge is -2.32. The van der Waals surface area contributed by atoms with Gasteiger partial charge in [0, 0.05) is 46.3 Å². The second kappa shape index (κ2) is 7.01. The lowest BCUT2D eigenvalue weighted by molar-refractivity contribution is -0.124. The quantitative estimate of drug-likeness (QED) is 0.662. The maximum Gasteiger partial charge on any atom is 0.282 e. The van der Waals surface area contributed by atoms with Gasteiger partial charge in [-0.1, -0.05) is 0 Å². The van der Waals surface area contributed by atoms with E-state index in [0.717, 1.165) is 0 Å². The lowest BCUT2D eigenvalue weighted by atomic mass is 10.1. The van der Waals surface area contributed by atoms with Crippen LogP contribution in [0.15, 0.2) is 0 Å². The van der Waals surface area contributed by atoms with Crippen molar-refractivity contribution in [3.8, 4) is 0 Å². The molecule has 0 unspecified atom stereocenters. The van der Waals surface area contributed by atoms with Crippen molar-refractivity contribution in [1.29, 1.82) is 0 Å². The number of hydrogen-bond donors (Lipinski definition) is 1. The fraction of sp³-hybridized carbons (Fsp3) is 0.917. The summed E-state index contributed by atoms with van der Waals surface area (Å²) in [6.45, 7) is 3.41. The predicted molar refractivity (Wildman–Crippen MR) is 77.9 cm³/mol. The van der Waals surface area contributed by atoms with Crippen LogP contribution in [-0.2, 0) is 19.7 Å². The number of ether oxygens (including phenoxy) is 1. The zero-order chi connectivity index (χ0) is 15.5. The van der Waals surface area contributed by atoms with Crippen molar-refractivity contribution in [2.45, 2.75) is 0 Å². The molecule has 9 heteroatoms. The number of amides is 1. The van der Waals surface area contributed by atoms with Gasteiger partial charge in [-0.2, -0.15) is 17.0 Å². The fourth-order valence-corrected chi connectivity index (χ4v) is 4.28. The maximum atomic E-state index is 12.7. The van der Waals surface area contributed by atoms with Crippen LogP contribution in [0.25, 0.3) is 0 Å². The molecule has 2 saturated heterocycles. The van der Waals surface area contributed by atoms with E-state index in [2.05, 4.69) is 5.32 Å². The van der Waals surface area contributed by atoms with Gasteiger partial charge < -0.3 is 15.0 Å². The molecule has 21 heavy (non-hydrogen) atoms. The molecule has 122 valence electrons. The van der Waals surface area contributed by atoms with Crippen molar-refractivity contribution in [3.05, 3.63) is 0 Å². The molecule has 2 aliphatic heterocycles. The molecule has 0 aromatic heterocycles. The molecule has 0 aliphatic carbocycles. The monoisotopic (exact) mass is 320 g/mol. The molecule has 1 amide bonds. The van der Waals surface area contributed by atoms with Gasteiger partial charge in [-0.05, 0) is 7.05 Å². The first kappa shape index (κ1) is 16.6. The van der Waals surface area contributed by atoms with Crippen LogP contribution in [0.1, 0.15) is 0 Å². The van der Waals surface area contributed by atoms with E-state index in [9.17, 15) is 13.2 Å². The Hall–Kier alpha value is -0.740. The van der Waals surface area contributed by atoms with Gasteiger partial charge in [0.25, 0.3) is 10.2 Å². The molecule has 0 radical (unpaired) electrons. The van der Waals surface area contributed by atoms with Gasteiger partial charge in [0.05, 0.1) is 19.1 Å². The number of nitrogens with zero attached hydrogens (tertiary/aromatic N) is 3. The van der Waals surface area contributed by atoms with Gasteiger partial charge >= 0.3 is 0 Å². The third-order valence-corrected chi connectivity index (χ3v) is 5.93. The minimum atomic E-state index is -3.53. The van der Waals surface area contributed by atoms with Gasteiger partial charge in [-0.3, -0.25) is 4.79 Å². The van der Waals surface area contributed by atoms with E-state index in [0.29, 0.717) is 45.9 Å². The Morgan fingerprint density at radius 2 is 1.76 bits per heavy atom. The number of hydrogen-bond acceptors (Lipinski definition) is 5. The minimum absolute atomic E-state index is 0.120. The first-order valence-electron chi connectivity index (χ1n) is 7.18. The summed E-state index contributed by atoms with van der Waals surface area (Å²) < 4.78 is 33.5. The Kier molecular flexibility index (Phi) is 5.55.